The molecule has 4 nitrogen and oxygen atoms in total. The predicted molar refractivity (Wildman–Crippen MR) is 129 cm³/mol. The molecule has 0 saturated heterocycles. The quantitative estimate of drug-likeness (QED) is 0.363. The average Bonchev–Trinajstić information content (AvgIpc) is 3.16. The molecule has 0 fully saturated rings. The van der Waals surface area contributed by atoms with Crippen LogP contribution in [0.1, 0.15) is 40.0 Å². The van der Waals surface area contributed by atoms with Crippen molar-refractivity contribution in [3.05, 3.63) is 53.0 Å². The predicted octanol–water partition coefficient (Wildman–Crippen LogP) is 4.91. The van der Waals surface area contributed by atoms with Gasteiger partial charge in [0.25, 0.3) is 0 Å². The third-order valence-electron chi connectivity index (χ3n) is 4.34. The molecular weight excluding hydrogens is 420 g/mol. The maximum Gasteiger partial charge on any atom is 0.147 e. The summed E-state index contributed by atoms with van der Waals surface area (Å²) < 4.78 is 16.6. The van der Waals surface area contributed by atoms with E-state index in [0.717, 1.165) is 28.2 Å². The van der Waals surface area contributed by atoms with Gasteiger partial charge in [-0.3, -0.25) is 0 Å². The van der Waals surface area contributed by atoms with Crippen molar-refractivity contribution in [2.45, 2.75) is 56.1 Å². The number of ether oxygens (including phenoxy) is 3. The van der Waals surface area contributed by atoms with Crippen molar-refractivity contribution in [2.24, 2.45) is 0 Å². The molecule has 0 heterocycles. The molecule has 0 bridgehead atoms. The second-order valence-electron chi connectivity index (χ2n) is 8.04. The number of benzene rings is 1. The lowest BCUT2D eigenvalue weighted by Gasteiger charge is -2.28. The Balaban J connectivity index is 2.19. The Hall–Kier alpha value is -2.59. The van der Waals surface area contributed by atoms with Crippen LogP contribution in [0.3, 0.4) is 0 Å². The standard InChI is InChI=1S/C27H30O4S/c1-26(2,3)30-21-10-6-9-18-27(31-22-29-4)19-11-12-23(27)15-16-25(17-20-28)32-24-13-7-5-8-14-24/h5,7-8,12-14,17,28H,11,18-20,22H2,1-4H3/b25-17+. The number of thioether (sulfide) groups is 1. The molecular formula is C27H30O4S. The molecule has 0 aliphatic heterocycles. The Bertz CT molecular complexity index is 985. The maximum atomic E-state index is 9.41. The van der Waals surface area contributed by atoms with Crippen molar-refractivity contribution in [2.75, 3.05) is 20.5 Å². The number of methoxy groups -OCH3 is 1. The van der Waals surface area contributed by atoms with Crippen LogP contribution in [0.15, 0.2) is 57.9 Å². The van der Waals surface area contributed by atoms with E-state index in [0.29, 0.717) is 6.42 Å². The van der Waals surface area contributed by atoms with Gasteiger partial charge in [-0.05, 0) is 57.7 Å². The lowest BCUT2D eigenvalue weighted by atomic mass is 9.92. The lowest BCUT2D eigenvalue weighted by molar-refractivity contribution is -0.108. The second kappa shape index (κ2) is 13.1. The first kappa shape index (κ1) is 25.7. The van der Waals surface area contributed by atoms with Gasteiger partial charge in [0.05, 0.1) is 11.5 Å². The summed E-state index contributed by atoms with van der Waals surface area (Å²) >= 11 is 1.52. The van der Waals surface area contributed by atoms with Crippen molar-refractivity contribution in [3.8, 4) is 35.7 Å². The Morgan fingerprint density at radius 2 is 2.00 bits per heavy atom. The molecule has 1 unspecified atom stereocenters. The van der Waals surface area contributed by atoms with E-state index in [-0.39, 0.29) is 19.0 Å². The van der Waals surface area contributed by atoms with E-state index in [9.17, 15) is 5.11 Å². The zero-order valence-electron chi connectivity index (χ0n) is 19.2. The topological polar surface area (TPSA) is 47.9 Å². The fraction of sp³-hybridized carbons (Fsp3) is 0.407. The van der Waals surface area contributed by atoms with Crippen LogP contribution in [0.25, 0.3) is 0 Å². The zero-order chi connectivity index (χ0) is 23.3. The van der Waals surface area contributed by atoms with Crippen LogP contribution in [-0.2, 0) is 14.2 Å². The minimum Gasteiger partial charge on any atom is -0.440 e. The summed E-state index contributed by atoms with van der Waals surface area (Å²) in [5, 5.41) is 9.41. The van der Waals surface area contributed by atoms with Crippen molar-refractivity contribution in [1.29, 1.82) is 0 Å². The summed E-state index contributed by atoms with van der Waals surface area (Å²) in [7, 11) is 1.59. The normalized spacial score (nSPS) is 17.8. The maximum absolute atomic E-state index is 9.41. The summed E-state index contributed by atoms with van der Waals surface area (Å²) in [4.78, 5) is 1.84. The lowest BCUT2D eigenvalue weighted by Crippen LogP contribution is -2.32. The van der Waals surface area contributed by atoms with Gasteiger partial charge in [-0.1, -0.05) is 53.8 Å². The first-order chi connectivity index (χ1) is 15.4. The first-order valence-corrected chi connectivity index (χ1v) is 11.3. The number of aliphatic hydroxyl groups is 1. The molecule has 0 saturated carbocycles. The molecule has 1 atom stereocenters. The van der Waals surface area contributed by atoms with E-state index >= 15 is 0 Å². The first-order valence-electron chi connectivity index (χ1n) is 10.4. The average molecular weight is 451 g/mol. The van der Waals surface area contributed by atoms with Crippen molar-refractivity contribution >= 4 is 11.8 Å². The van der Waals surface area contributed by atoms with Gasteiger partial charge in [0.15, 0.2) is 0 Å². The van der Waals surface area contributed by atoms with Gasteiger partial charge >= 0.3 is 0 Å². The van der Waals surface area contributed by atoms with Crippen LogP contribution < -0.4 is 0 Å². The van der Waals surface area contributed by atoms with Gasteiger partial charge in [-0.25, -0.2) is 0 Å². The fourth-order valence-electron chi connectivity index (χ4n) is 2.87. The van der Waals surface area contributed by atoms with Crippen LogP contribution in [0.5, 0.6) is 0 Å². The molecule has 2 rings (SSSR count). The number of hydrogen-bond donors (Lipinski definition) is 1. The molecule has 1 N–H and O–H groups in total. The Kier molecular flexibility index (Phi) is 10.5. The molecule has 32 heavy (non-hydrogen) atoms. The van der Waals surface area contributed by atoms with E-state index < -0.39 is 5.60 Å². The third kappa shape index (κ3) is 8.88. The minimum atomic E-state index is -0.635. The molecule has 0 aromatic heterocycles. The van der Waals surface area contributed by atoms with Crippen LogP contribution in [0.2, 0.25) is 0 Å². The van der Waals surface area contributed by atoms with Gasteiger partial charge in [-0.2, -0.15) is 0 Å². The SMILES string of the molecule is COCOC1(CC#CC#COC(C)(C)C)CCC=C1C#C/C(=C\CO)Sc1ccccc1. The largest absolute Gasteiger partial charge is 0.440 e. The van der Waals surface area contributed by atoms with E-state index in [2.05, 4.69) is 41.8 Å². The van der Waals surface area contributed by atoms with Crippen molar-refractivity contribution in [3.63, 3.8) is 0 Å². The molecule has 0 amide bonds. The molecule has 0 radical (unpaired) electrons. The molecule has 1 aromatic carbocycles. The van der Waals surface area contributed by atoms with E-state index in [1.807, 2.05) is 51.1 Å². The van der Waals surface area contributed by atoms with Gasteiger partial charge in [-0.15, -0.1) is 0 Å². The summed E-state index contributed by atoms with van der Waals surface area (Å²) in [5.74, 6) is 15.1. The Morgan fingerprint density at radius 1 is 1.22 bits per heavy atom. The summed E-state index contributed by atoms with van der Waals surface area (Å²) in [6.07, 6.45) is 8.49. The fourth-order valence-corrected chi connectivity index (χ4v) is 3.68. The molecule has 1 aromatic rings. The Labute approximate surface area is 196 Å². The van der Waals surface area contributed by atoms with E-state index in [1.54, 1.807) is 13.2 Å². The van der Waals surface area contributed by atoms with Crippen LogP contribution in [0, 0.1) is 35.7 Å². The van der Waals surface area contributed by atoms with Crippen molar-refractivity contribution in [1.82, 2.24) is 0 Å². The highest BCUT2D eigenvalue weighted by molar-refractivity contribution is 8.03. The highest BCUT2D eigenvalue weighted by Gasteiger charge is 2.37. The smallest absolute Gasteiger partial charge is 0.147 e. The van der Waals surface area contributed by atoms with Gasteiger partial charge in [0, 0.05) is 29.9 Å². The van der Waals surface area contributed by atoms with Crippen molar-refractivity contribution < 1.29 is 19.3 Å². The number of aliphatic hydroxyl groups excluding tert-OH is 1. The molecule has 168 valence electrons. The third-order valence-corrected chi connectivity index (χ3v) is 5.34. The monoisotopic (exact) mass is 450 g/mol. The van der Waals surface area contributed by atoms with Crippen LogP contribution in [0.4, 0.5) is 0 Å². The number of hydrogen-bond acceptors (Lipinski definition) is 5. The summed E-state index contributed by atoms with van der Waals surface area (Å²) in [6, 6.07) is 9.94. The second-order valence-corrected chi connectivity index (χ2v) is 9.15. The van der Waals surface area contributed by atoms with E-state index in [1.165, 1.54) is 11.8 Å². The molecule has 5 heteroatoms. The number of allylic oxidation sites excluding steroid dienone is 2. The zero-order valence-corrected chi connectivity index (χ0v) is 20.0. The van der Waals surface area contributed by atoms with Crippen LogP contribution >= 0.6 is 11.8 Å². The summed E-state index contributed by atoms with van der Waals surface area (Å²) in [5.41, 5.74) is -0.0868. The number of rotatable bonds is 7. The molecule has 1 aliphatic rings. The van der Waals surface area contributed by atoms with Gasteiger partial charge in [0.1, 0.15) is 24.1 Å². The van der Waals surface area contributed by atoms with Gasteiger partial charge < -0.3 is 19.3 Å². The highest BCUT2D eigenvalue weighted by Crippen LogP contribution is 2.37. The summed E-state index contributed by atoms with van der Waals surface area (Å²) in [6.45, 7) is 5.89. The van der Waals surface area contributed by atoms with Crippen LogP contribution in [-0.4, -0.2) is 36.8 Å². The van der Waals surface area contributed by atoms with Gasteiger partial charge in [0.2, 0.25) is 0 Å². The Morgan fingerprint density at radius 3 is 2.69 bits per heavy atom. The van der Waals surface area contributed by atoms with E-state index in [4.69, 9.17) is 14.2 Å². The minimum absolute atomic E-state index is 0.0744. The molecule has 1 aliphatic carbocycles. The highest BCUT2D eigenvalue weighted by atomic mass is 32.2. The molecule has 0 spiro atoms.